The second-order valence-corrected chi connectivity index (χ2v) is 11.3. The largest absolute Gasteiger partial charge is 0.390 e. The van der Waals surface area contributed by atoms with Crippen LogP contribution >= 0.6 is 0 Å². The van der Waals surface area contributed by atoms with Gasteiger partial charge in [-0.3, -0.25) is 4.31 Å². The summed E-state index contributed by atoms with van der Waals surface area (Å²) in [5.41, 5.74) is 6.34. The van der Waals surface area contributed by atoms with Crippen LogP contribution < -0.4 is 14.9 Å². The van der Waals surface area contributed by atoms with Crippen LogP contribution in [-0.2, 0) is 16.4 Å². The van der Waals surface area contributed by atoms with Crippen molar-refractivity contribution in [3.8, 4) is 0 Å². The Morgan fingerprint density at radius 2 is 1.79 bits per heavy atom. The SMILES string of the molecule is CNCC(CNC=C1CCCC1)c1ccc(C)c(S(=O)(=O)N2CCCc3cccc(C)c32)c1. The number of likely N-dealkylation sites (N-methyl/N-ethyl adjacent to an activating group) is 1. The highest BCUT2D eigenvalue weighted by atomic mass is 32.2. The van der Waals surface area contributed by atoms with Crippen molar-refractivity contribution < 1.29 is 8.42 Å². The van der Waals surface area contributed by atoms with Crippen LogP contribution in [0.4, 0.5) is 5.69 Å². The summed E-state index contributed by atoms with van der Waals surface area (Å²) in [6.45, 7) is 5.99. The van der Waals surface area contributed by atoms with Gasteiger partial charge in [0.2, 0.25) is 0 Å². The lowest BCUT2D eigenvalue weighted by Crippen LogP contribution is -2.36. The molecule has 5 nitrogen and oxygen atoms in total. The van der Waals surface area contributed by atoms with Gasteiger partial charge in [-0.1, -0.05) is 35.9 Å². The van der Waals surface area contributed by atoms with Crippen LogP contribution in [0, 0.1) is 13.8 Å². The summed E-state index contributed by atoms with van der Waals surface area (Å²) in [5.74, 6) is 0.179. The molecule has 4 rings (SSSR count). The maximum absolute atomic E-state index is 13.9. The second-order valence-electron chi connectivity index (χ2n) is 9.46. The Labute approximate surface area is 199 Å². The topological polar surface area (TPSA) is 61.4 Å². The van der Waals surface area contributed by atoms with Crippen molar-refractivity contribution in [2.24, 2.45) is 0 Å². The molecule has 1 saturated carbocycles. The first-order chi connectivity index (χ1) is 15.9. The average molecular weight is 468 g/mol. The minimum absolute atomic E-state index is 0.179. The number of anilines is 1. The van der Waals surface area contributed by atoms with Gasteiger partial charge in [0.1, 0.15) is 0 Å². The lowest BCUT2D eigenvalue weighted by Gasteiger charge is -2.32. The van der Waals surface area contributed by atoms with E-state index >= 15 is 0 Å². The Balaban J connectivity index is 1.64. The van der Waals surface area contributed by atoms with E-state index in [9.17, 15) is 8.42 Å². The van der Waals surface area contributed by atoms with Crippen LogP contribution in [0.25, 0.3) is 0 Å². The standard InChI is InChI=1S/C27H37N3O2S/c1-20-13-14-24(25(18-28-3)19-29-17-22-9-4-5-10-22)16-26(20)33(31,32)30-15-7-12-23-11-6-8-21(2)27(23)30/h6,8,11,13-14,16-17,25,28-29H,4-5,7,9-10,12,15,18-19H2,1-3H3. The van der Waals surface area contributed by atoms with Gasteiger partial charge in [0, 0.05) is 25.6 Å². The fourth-order valence-corrected chi connectivity index (χ4v) is 7.05. The summed E-state index contributed by atoms with van der Waals surface area (Å²) >= 11 is 0. The van der Waals surface area contributed by atoms with E-state index in [1.165, 1.54) is 31.3 Å². The lowest BCUT2D eigenvalue weighted by molar-refractivity contribution is 0.582. The van der Waals surface area contributed by atoms with Gasteiger partial charge in [0.05, 0.1) is 10.6 Å². The van der Waals surface area contributed by atoms with Gasteiger partial charge in [-0.15, -0.1) is 0 Å². The van der Waals surface area contributed by atoms with E-state index in [0.29, 0.717) is 11.4 Å². The number of sulfonamides is 1. The molecule has 1 fully saturated rings. The minimum Gasteiger partial charge on any atom is -0.390 e. The van der Waals surface area contributed by atoms with Crippen molar-refractivity contribution in [2.75, 3.05) is 31.0 Å². The molecular weight excluding hydrogens is 430 g/mol. The number of allylic oxidation sites excluding steroid dienone is 1. The Morgan fingerprint density at radius 3 is 2.55 bits per heavy atom. The zero-order chi connectivity index (χ0) is 23.4. The fraction of sp³-hybridized carbons (Fsp3) is 0.481. The van der Waals surface area contributed by atoms with Crippen LogP contribution in [0.15, 0.2) is 53.1 Å². The number of para-hydroxylation sites is 1. The maximum Gasteiger partial charge on any atom is 0.264 e. The Hall–Kier alpha value is -2.31. The predicted molar refractivity (Wildman–Crippen MR) is 136 cm³/mol. The van der Waals surface area contributed by atoms with Gasteiger partial charge in [0.25, 0.3) is 10.0 Å². The van der Waals surface area contributed by atoms with Crippen molar-refractivity contribution in [2.45, 2.75) is 63.2 Å². The first-order valence-corrected chi connectivity index (χ1v) is 13.6. The third-order valence-corrected chi connectivity index (χ3v) is 8.94. The monoisotopic (exact) mass is 467 g/mol. The summed E-state index contributed by atoms with van der Waals surface area (Å²) in [4.78, 5) is 0.423. The molecule has 2 N–H and O–H groups in total. The lowest BCUT2D eigenvalue weighted by atomic mass is 9.98. The normalized spacial score (nSPS) is 17.1. The number of nitrogens with zero attached hydrogens (tertiary/aromatic N) is 1. The molecule has 6 heteroatoms. The number of benzene rings is 2. The maximum atomic E-state index is 13.9. The highest BCUT2D eigenvalue weighted by molar-refractivity contribution is 7.92. The molecule has 0 radical (unpaired) electrons. The molecule has 0 aromatic heterocycles. The molecule has 1 unspecified atom stereocenters. The van der Waals surface area contributed by atoms with Gasteiger partial charge >= 0.3 is 0 Å². The van der Waals surface area contributed by atoms with Crippen molar-refractivity contribution in [1.82, 2.24) is 10.6 Å². The van der Waals surface area contributed by atoms with Gasteiger partial charge in [0.15, 0.2) is 0 Å². The first-order valence-electron chi connectivity index (χ1n) is 12.2. The molecule has 0 bridgehead atoms. The van der Waals surface area contributed by atoms with Gasteiger partial charge in [-0.05, 0) is 93.9 Å². The van der Waals surface area contributed by atoms with E-state index in [1.54, 1.807) is 4.31 Å². The van der Waals surface area contributed by atoms with Crippen molar-refractivity contribution in [3.05, 3.63) is 70.4 Å². The summed E-state index contributed by atoms with van der Waals surface area (Å²) in [6, 6.07) is 12.0. The van der Waals surface area contributed by atoms with E-state index in [1.807, 2.05) is 45.2 Å². The molecule has 2 aliphatic rings. The van der Waals surface area contributed by atoms with Crippen LogP contribution in [0.5, 0.6) is 0 Å². The van der Waals surface area contributed by atoms with Gasteiger partial charge in [-0.2, -0.15) is 0 Å². The van der Waals surface area contributed by atoms with Crippen LogP contribution in [0.3, 0.4) is 0 Å². The third kappa shape index (κ3) is 5.12. The zero-order valence-electron chi connectivity index (χ0n) is 20.2. The Bertz CT molecular complexity index is 1120. The van der Waals surface area contributed by atoms with E-state index in [2.05, 4.69) is 29.0 Å². The van der Waals surface area contributed by atoms with Gasteiger partial charge < -0.3 is 10.6 Å². The number of aryl methyl sites for hydroxylation is 3. The molecular formula is C27H37N3O2S. The molecule has 0 amide bonds. The molecule has 1 atom stereocenters. The highest BCUT2D eigenvalue weighted by Gasteiger charge is 2.31. The summed E-state index contributed by atoms with van der Waals surface area (Å²) < 4.78 is 29.5. The molecule has 178 valence electrons. The Morgan fingerprint density at radius 1 is 1.00 bits per heavy atom. The number of hydrogen-bond donors (Lipinski definition) is 2. The number of hydrogen-bond acceptors (Lipinski definition) is 4. The number of fused-ring (bicyclic) bond motifs is 1. The molecule has 1 aliphatic carbocycles. The van der Waals surface area contributed by atoms with E-state index in [4.69, 9.17) is 0 Å². The first kappa shape index (κ1) is 23.8. The predicted octanol–water partition coefficient (Wildman–Crippen LogP) is 4.80. The number of rotatable bonds is 8. The molecule has 1 heterocycles. The smallest absolute Gasteiger partial charge is 0.264 e. The van der Waals surface area contributed by atoms with Crippen molar-refractivity contribution in [3.63, 3.8) is 0 Å². The quantitative estimate of drug-likeness (QED) is 0.586. The Kier molecular flexibility index (Phi) is 7.45. The third-order valence-electron chi connectivity index (χ3n) is 7.00. The van der Waals surface area contributed by atoms with E-state index in [0.717, 1.165) is 53.9 Å². The molecule has 2 aromatic carbocycles. The highest BCUT2D eigenvalue weighted by Crippen LogP contribution is 2.36. The average Bonchev–Trinajstić information content (AvgIpc) is 3.32. The summed E-state index contributed by atoms with van der Waals surface area (Å²) in [5, 5.41) is 6.79. The molecule has 2 aromatic rings. The van der Waals surface area contributed by atoms with E-state index in [-0.39, 0.29) is 5.92 Å². The summed E-state index contributed by atoms with van der Waals surface area (Å²) in [6.07, 6.45) is 8.88. The van der Waals surface area contributed by atoms with E-state index < -0.39 is 10.0 Å². The summed E-state index contributed by atoms with van der Waals surface area (Å²) in [7, 11) is -1.71. The van der Waals surface area contributed by atoms with Crippen LogP contribution in [0.1, 0.15) is 60.3 Å². The van der Waals surface area contributed by atoms with Crippen molar-refractivity contribution in [1.29, 1.82) is 0 Å². The molecule has 0 saturated heterocycles. The van der Waals surface area contributed by atoms with Crippen LogP contribution in [-0.4, -0.2) is 35.1 Å². The van der Waals surface area contributed by atoms with Crippen molar-refractivity contribution >= 4 is 15.7 Å². The van der Waals surface area contributed by atoms with Gasteiger partial charge in [-0.25, -0.2) is 8.42 Å². The fourth-order valence-electron chi connectivity index (χ4n) is 5.18. The molecule has 33 heavy (non-hydrogen) atoms. The molecule has 1 aliphatic heterocycles. The van der Waals surface area contributed by atoms with Crippen LogP contribution in [0.2, 0.25) is 0 Å². The minimum atomic E-state index is -3.65. The molecule has 0 spiro atoms. The second kappa shape index (κ2) is 10.3. The zero-order valence-corrected chi connectivity index (χ0v) is 21.0. The number of nitrogens with one attached hydrogen (secondary N) is 2.